The molecule has 0 saturated carbocycles. The predicted octanol–water partition coefficient (Wildman–Crippen LogP) is 3.41. The monoisotopic (exact) mass is 390 g/mol. The highest BCUT2D eigenvalue weighted by atomic mass is 16.5. The van der Waals surface area contributed by atoms with Gasteiger partial charge in [0.15, 0.2) is 6.61 Å². The first-order valence-corrected chi connectivity index (χ1v) is 10.1. The number of nitrogens with one attached hydrogen (secondary N) is 1. The average Bonchev–Trinajstić information content (AvgIpc) is 2.78. The highest BCUT2D eigenvalue weighted by Crippen LogP contribution is 2.20. The number of carbonyl (C=O) groups excluding carboxylic acids is 1. The summed E-state index contributed by atoms with van der Waals surface area (Å²) in [6.07, 6.45) is 0.797. The van der Waals surface area contributed by atoms with Gasteiger partial charge >= 0.3 is 0 Å². The molecule has 1 aliphatic heterocycles. The van der Waals surface area contributed by atoms with E-state index in [9.17, 15) is 4.79 Å². The molecule has 1 amide bonds. The molecule has 1 N–H and O–H groups in total. The molecular weight excluding hydrogens is 364 g/mol. The van der Waals surface area contributed by atoms with Gasteiger partial charge in [0, 0.05) is 25.3 Å². The smallest absolute Gasteiger partial charge is 0.257 e. The Morgan fingerprint density at radius 2 is 1.72 bits per heavy atom. The molecule has 0 unspecified atom stereocenters. The molecule has 5 heteroatoms. The fourth-order valence-corrected chi connectivity index (χ4v) is 3.50. The van der Waals surface area contributed by atoms with Crippen LogP contribution in [0.1, 0.15) is 5.56 Å². The lowest BCUT2D eigenvalue weighted by Gasteiger charge is -2.28. The normalized spacial score (nSPS) is 14.0. The van der Waals surface area contributed by atoms with Crippen LogP contribution >= 0.6 is 0 Å². The number of nitrogens with zero attached hydrogens (tertiary/aromatic N) is 1. The first-order chi connectivity index (χ1) is 14.3. The van der Waals surface area contributed by atoms with E-state index in [-0.39, 0.29) is 12.5 Å². The lowest BCUT2D eigenvalue weighted by Crippen LogP contribution is -2.36. The van der Waals surface area contributed by atoms with Gasteiger partial charge in [0.05, 0.1) is 13.2 Å². The Labute approximate surface area is 171 Å². The molecule has 0 radical (unpaired) electrons. The van der Waals surface area contributed by atoms with E-state index >= 15 is 0 Å². The Hall–Kier alpha value is -3.05. The largest absolute Gasteiger partial charge is 0.484 e. The zero-order valence-electron chi connectivity index (χ0n) is 16.5. The summed E-state index contributed by atoms with van der Waals surface area (Å²) in [5, 5.41) is 5.18. The van der Waals surface area contributed by atoms with Crippen molar-refractivity contribution in [3.05, 3.63) is 72.3 Å². The van der Waals surface area contributed by atoms with Gasteiger partial charge in [-0.1, -0.05) is 42.5 Å². The number of carbonyl (C=O) groups is 1. The number of hydrogen-bond acceptors (Lipinski definition) is 4. The van der Waals surface area contributed by atoms with Crippen molar-refractivity contribution < 1.29 is 14.3 Å². The van der Waals surface area contributed by atoms with E-state index in [1.165, 1.54) is 11.3 Å². The maximum absolute atomic E-state index is 12.1. The summed E-state index contributed by atoms with van der Waals surface area (Å²) in [5.41, 5.74) is 2.43. The SMILES string of the molecule is O=C(COc1ccc2ccccc2c1)NCCc1ccc(N2CCOCC2)cc1. The number of anilines is 1. The number of ether oxygens (including phenoxy) is 2. The summed E-state index contributed by atoms with van der Waals surface area (Å²) in [6, 6.07) is 22.5. The van der Waals surface area contributed by atoms with E-state index in [1.807, 2.05) is 36.4 Å². The van der Waals surface area contributed by atoms with Crippen LogP contribution in [0.15, 0.2) is 66.7 Å². The van der Waals surface area contributed by atoms with Crippen molar-refractivity contribution in [2.75, 3.05) is 44.4 Å². The van der Waals surface area contributed by atoms with Gasteiger partial charge in [-0.25, -0.2) is 0 Å². The molecule has 1 aliphatic rings. The number of hydrogen-bond donors (Lipinski definition) is 1. The summed E-state index contributed by atoms with van der Waals surface area (Å²) in [7, 11) is 0. The third-order valence-corrected chi connectivity index (χ3v) is 5.14. The molecule has 4 rings (SSSR count). The Morgan fingerprint density at radius 1 is 0.966 bits per heavy atom. The van der Waals surface area contributed by atoms with E-state index in [1.54, 1.807) is 0 Å². The van der Waals surface area contributed by atoms with Crippen LogP contribution in [0.4, 0.5) is 5.69 Å². The minimum atomic E-state index is -0.108. The van der Waals surface area contributed by atoms with Gasteiger partial charge in [0.2, 0.25) is 0 Å². The van der Waals surface area contributed by atoms with Crippen molar-refractivity contribution in [2.24, 2.45) is 0 Å². The van der Waals surface area contributed by atoms with Gasteiger partial charge < -0.3 is 19.7 Å². The maximum Gasteiger partial charge on any atom is 0.257 e. The summed E-state index contributed by atoms with van der Waals surface area (Å²) in [5.74, 6) is 0.598. The zero-order chi connectivity index (χ0) is 19.9. The fraction of sp³-hybridized carbons (Fsp3) is 0.292. The van der Waals surface area contributed by atoms with Crippen molar-refractivity contribution in [3.63, 3.8) is 0 Å². The highest BCUT2D eigenvalue weighted by Gasteiger charge is 2.10. The summed E-state index contributed by atoms with van der Waals surface area (Å²) < 4.78 is 11.0. The molecule has 1 fully saturated rings. The summed E-state index contributed by atoms with van der Waals surface area (Å²) >= 11 is 0. The van der Waals surface area contributed by atoms with Crippen molar-refractivity contribution in [1.82, 2.24) is 5.32 Å². The van der Waals surface area contributed by atoms with Crippen molar-refractivity contribution in [2.45, 2.75) is 6.42 Å². The molecule has 3 aromatic carbocycles. The standard InChI is InChI=1S/C24H26N2O3/c27-24(18-29-23-10-7-20-3-1-2-4-21(20)17-23)25-12-11-19-5-8-22(9-6-19)26-13-15-28-16-14-26/h1-10,17H,11-16,18H2,(H,25,27). The van der Waals surface area contributed by atoms with E-state index in [2.05, 4.69) is 40.5 Å². The molecule has 3 aromatic rings. The average molecular weight is 390 g/mol. The molecule has 0 aliphatic carbocycles. The number of amides is 1. The van der Waals surface area contributed by atoms with Gasteiger partial charge in [-0.3, -0.25) is 4.79 Å². The van der Waals surface area contributed by atoms with E-state index < -0.39 is 0 Å². The first-order valence-electron chi connectivity index (χ1n) is 10.1. The Bertz CT molecular complexity index is 950. The van der Waals surface area contributed by atoms with Crippen molar-refractivity contribution in [3.8, 4) is 5.75 Å². The quantitative estimate of drug-likeness (QED) is 0.672. The third kappa shape index (κ3) is 5.27. The van der Waals surface area contributed by atoms with Crippen LogP contribution in [0, 0.1) is 0 Å². The number of benzene rings is 3. The topological polar surface area (TPSA) is 50.8 Å². The number of morpholine rings is 1. The van der Waals surface area contributed by atoms with Gasteiger partial charge in [-0.15, -0.1) is 0 Å². The molecule has 29 heavy (non-hydrogen) atoms. The van der Waals surface area contributed by atoms with Crippen LogP contribution in [0.5, 0.6) is 5.75 Å². The van der Waals surface area contributed by atoms with Crippen LogP contribution in [0.3, 0.4) is 0 Å². The van der Waals surface area contributed by atoms with E-state index in [4.69, 9.17) is 9.47 Å². The van der Waals surface area contributed by atoms with Crippen LogP contribution in [0.25, 0.3) is 10.8 Å². The fourth-order valence-electron chi connectivity index (χ4n) is 3.50. The Balaban J connectivity index is 1.20. The minimum absolute atomic E-state index is 0.0221. The van der Waals surface area contributed by atoms with Crippen LogP contribution in [-0.4, -0.2) is 45.4 Å². The minimum Gasteiger partial charge on any atom is -0.484 e. The molecule has 1 saturated heterocycles. The second-order valence-electron chi connectivity index (χ2n) is 7.16. The Morgan fingerprint density at radius 3 is 2.52 bits per heavy atom. The molecule has 0 aromatic heterocycles. The van der Waals surface area contributed by atoms with Gasteiger partial charge in [0.1, 0.15) is 5.75 Å². The van der Waals surface area contributed by atoms with E-state index in [0.29, 0.717) is 12.3 Å². The Kier molecular flexibility index (Phi) is 6.27. The van der Waals surface area contributed by atoms with Gasteiger partial charge in [-0.05, 0) is 47.0 Å². The second-order valence-corrected chi connectivity index (χ2v) is 7.16. The molecule has 0 atom stereocenters. The molecule has 0 bridgehead atoms. The number of rotatable bonds is 7. The molecule has 0 spiro atoms. The van der Waals surface area contributed by atoms with Crippen LogP contribution in [0.2, 0.25) is 0 Å². The predicted molar refractivity (Wildman–Crippen MR) is 116 cm³/mol. The molecular formula is C24H26N2O3. The third-order valence-electron chi connectivity index (χ3n) is 5.14. The van der Waals surface area contributed by atoms with Crippen LogP contribution < -0.4 is 15.0 Å². The maximum atomic E-state index is 12.1. The van der Waals surface area contributed by atoms with Gasteiger partial charge in [0.25, 0.3) is 5.91 Å². The zero-order valence-corrected chi connectivity index (χ0v) is 16.5. The van der Waals surface area contributed by atoms with E-state index in [0.717, 1.165) is 43.5 Å². The van der Waals surface area contributed by atoms with Crippen molar-refractivity contribution >= 4 is 22.4 Å². The highest BCUT2D eigenvalue weighted by molar-refractivity contribution is 5.84. The molecule has 5 nitrogen and oxygen atoms in total. The lowest BCUT2D eigenvalue weighted by molar-refractivity contribution is -0.123. The molecule has 1 heterocycles. The first kappa shape index (κ1) is 19.3. The second kappa shape index (κ2) is 9.43. The van der Waals surface area contributed by atoms with Crippen molar-refractivity contribution in [1.29, 1.82) is 0 Å². The lowest BCUT2D eigenvalue weighted by atomic mass is 10.1. The summed E-state index contributed by atoms with van der Waals surface area (Å²) in [4.78, 5) is 14.4. The number of fused-ring (bicyclic) bond motifs is 1. The summed E-state index contributed by atoms with van der Waals surface area (Å²) in [6.45, 7) is 4.06. The van der Waals surface area contributed by atoms with Gasteiger partial charge in [-0.2, -0.15) is 0 Å². The van der Waals surface area contributed by atoms with Crippen LogP contribution in [-0.2, 0) is 16.0 Å². The molecule has 150 valence electrons.